The topological polar surface area (TPSA) is 79.3 Å². The van der Waals surface area contributed by atoms with Gasteiger partial charge in [0.25, 0.3) is 0 Å². The van der Waals surface area contributed by atoms with Crippen molar-refractivity contribution < 1.29 is 4.74 Å². The Morgan fingerprint density at radius 2 is 1.94 bits per heavy atom. The Morgan fingerprint density at radius 3 is 2.72 bits per heavy atom. The number of hydrogen-bond donors (Lipinski definition) is 0. The SMILES string of the molecule is Cc1cc(-c2c(-c3cccc(C#N)c3)nn3ccc(CN4CCOCC4)nc23)cc(Cl)n1. The Bertz CT molecular complexity index is 1320. The smallest absolute Gasteiger partial charge is 0.163 e. The molecule has 0 unspecified atom stereocenters. The molecule has 0 spiro atoms. The molecule has 5 rings (SSSR count). The van der Waals surface area contributed by atoms with Gasteiger partial charge in [-0.05, 0) is 42.8 Å². The Labute approximate surface area is 190 Å². The largest absolute Gasteiger partial charge is 0.379 e. The predicted molar refractivity (Wildman–Crippen MR) is 122 cm³/mol. The third kappa shape index (κ3) is 4.08. The molecule has 0 aliphatic carbocycles. The second-order valence-corrected chi connectivity index (χ2v) is 8.20. The first-order chi connectivity index (χ1) is 15.6. The molecule has 0 N–H and O–H groups in total. The van der Waals surface area contributed by atoms with Gasteiger partial charge in [-0.2, -0.15) is 10.4 Å². The molecule has 0 amide bonds. The number of benzene rings is 1. The normalized spacial score (nSPS) is 14.5. The molecule has 0 saturated carbocycles. The summed E-state index contributed by atoms with van der Waals surface area (Å²) in [6, 6.07) is 15.5. The Balaban J connectivity index is 1.69. The van der Waals surface area contributed by atoms with Crippen molar-refractivity contribution in [3.8, 4) is 28.5 Å². The quantitative estimate of drug-likeness (QED) is 0.440. The van der Waals surface area contributed by atoms with E-state index in [2.05, 4.69) is 16.0 Å². The van der Waals surface area contributed by atoms with Crippen molar-refractivity contribution in [2.75, 3.05) is 26.3 Å². The first-order valence-corrected chi connectivity index (χ1v) is 10.8. The highest BCUT2D eigenvalue weighted by Crippen LogP contribution is 2.36. The van der Waals surface area contributed by atoms with E-state index in [9.17, 15) is 5.26 Å². The molecule has 8 heteroatoms. The first-order valence-electron chi connectivity index (χ1n) is 10.4. The van der Waals surface area contributed by atoms with Crippen LogP contribution in [0.1, 0.15) is 17.0 Å². The number of ether oxygens (including phenoxy) is 1. The van der Waals surface area contributed by atoms with Crippen LogP contribution in [-0.2, 0) is 11.3 Å². The van der Waals surface area contributed by atoms with Gasteiger partial charge in [0.2, 0.25) is 0 Å². The summed E-state index contributed by atoms with van der Waals surface area (Å²) in [6.45, 7) is 5.94. The van der Waals surface area contributed by atoms with Gasteiger partial charge in [0.15, 0.2) is 5.65 Å². The molecule has 4 aromatic rings. The molecular formula is C24H21ClN6O. The minimum atomic E-state index is 0.417. The maximum Gasteiger partial charge on any atom is 0.163 e. The number of nitrogens with zero attached hydrogens (tertiary/aromatic N) is 6. The second kappa shape index (κ2) is 8.67. The number of hydrogen-bond acceptors (Lipinski definition) is 6. The number of morpholine rings is 1. The monoisotopic (exact) mass is 444 g/mol. The molecule has 1 aliphatic heterocycles. The number of rotatable bonds is 4. The lowest BCUT2D eigenvalue weighted by atomic mass is 10.00. The van der Waals surface area contributed by atoms with E-state index in [1.165, 1.54) is 0 Å². The van der Waals surface area contributed by atoms with Gasteiger partial charge in [0.05, 0.1) is 36.1 Å². The molecule has 1 saturated heterocycles. The van der Waals surface area contributed by atoms with Gasteiger partial charge in [-0.15, -0.1) is 0 Å². The third-order valence-corrected chi connectivity index (χ3v) is 5.70. The number of aryl methyl sites for hydroxylation is 1. The van der Waals surface area contributed by atoms with Crippen LogP contribution < -0.4 is 0 Å². The van der Waals surface area contributed by atoms with E-state index in [4.69, 9.17) is 26.4 Å². The number of pyridine rings is 1. The zero-order valence-corrected chi connectivity index (χ0v) is 18.4. The lowest BCUT2D eigenvalue weighted by Gasteiger charge is -2.26. The summed E-state index contributed by atoms with van der Waals surface area (Å²) in [4.78, 5) is 11.6. The van der Waals surface area contributed by atoms with Gasteiger partial charge in [0.1, 0.15) is 10.8 Å². The van der Waals surface area contributed by atoms with Crippen LogP contribution in [0.3, 0.4) is 0 Å². The lowest BCUT2D eigenvalue weighted by Crippen LogP contribution is -2.35. The van der Waals surface area contributed by atoms with Crippen LogP contribution in [0.2, 0.25) is 5.15 Å². The molecule has 160 valence electrons. The fourth-order valence-corrected chi connectivity index (χ4v) is 4.27. The van der Waals surface area contributed by atoms with Crippen molar-refractivity contribution in [1.82, 2.24) is 24.5 Å². The van der Waals surface area contributed by atoms with Crippen LogP contribution in [0.25, 0.3) is 28.0 Å². The van der Waals surface area contributed by atoms with Gasteiger partial charge in [0, 0.05) is 37.1 Å². The van der Waals surface area contributed by atoms with Crippen LogP contribution in [0.5, 0.6) is 0 Å². The van der Waals surface area contributed by atoms with Crippen molar-refractivity contribution in [3.63, 3.8) is 0 Å². The predicted octanol–water partition coefficient (Wildman–Crippen LogP) is 4.12. The van der Waals surface area contributed by atoms with E-state index in [1.807, 2.05) is 49.5 Å². The fourth-order valence-electron chi connectivity index (χ4n) is 4.02. The number of halogens is 1. The number of fused-ring (bicyclic) bond motifs is 1. The summed E-state index contributed by atoms with van der Waals surface area (Å²) in [5.74, 6) is 0. The van der Waals surface area contributed by atoms with E-state index in [-0.39, 0.29) is 0 Å². The zero-order chi connectivity index (χ0) is 22.1. The number of nitriles is 1. The van der Waals surface area contributed by atoms with Gasteiger partial charge >= 0.3 is 0 Å². The maximum atomic E-state index is 9.37. The molecule has 1 fully saturated rings. The molecule has 7 nitrogen and oxygen atoms in total. The van der Waals surface area contributed by atoms with Gasteiger partial charge in [-0.25, -0.2) is 14.5 Å². The zero-order valence-electron chi connectivity index (χ0n) is 17.6. The lowest BCUT2D eigenvalue weighted by molar-refractivity contribution is 0.0337. The summed E-state index contributed by atoms with van der Waals surface area (Å²) in [5.41, 5.74) is 6.47. The number of aromatic nitrogens is 4. The summed E-state index contributed by atoms with van der Waals surface area (Å²) >= 11 is 6.30. The van der Waals surface area contributed by atoms with Crippen molar-refractivity contribution in [2.45, 2.75) is 13.5 Å². The van der Waals surface area contributed by atoms with Crippen LogP contribution in [0.15, 0.2) is 48.7 Å². The molecule has 1 aliphatic rings. The van der Waals surface area contributed by atoms with Gasteiger partial charge < -0.3 is 4.74 Å². The van der Waals surface area contributed by atoms with Crippen LogP contribution in [0.4, 0.5) is 0 Å². The van der Waals surface area contributed by atoms with Crippen LogP contribution in [0, 0.1) is 18.3 Å². The summed E-state index contributed by atoms with van der Waals surface area (Å²) < 4.78 is 7.25. The van der Waals surface area contributed by atoms with Crippen molar-refractivity contribution in [2.24, 2.45) is 0 Å². The minimum absolute atomic E-state index is 0.417. The molecule has 0 radical (unpaired) electrons. The van der Waals surface area contributed by atoms with Crippen molar-refractivity contribution in [1.29, 1.82) is 5.26 Å². The molecular weight excluding hydrogens is 424 g/mol. The second-order valence-electron chi connectivity index (χ2n) is 7.81. The highest BCUT2D eigenvalue weighted by molar-refractivity contribution is 6.29. The fraction of sp³-hybridized carbons (Fsp3) is 0.250. The Kier molecular flexibility index (Phi) is 5.58. The van der Waals surface area contributed by atoms with E-state index < -0.39 is 0 Å². The van der Waals surface area contributed by atoms with E-state index in [0.29, 0.717) is 10.7 Å². The van der Waals surface area contributed by atoms with Crippen LogP contribution in [-0.4, -0.2) is 50.8 Å². The summed E-state index contributed by atoms with van der Waals surface area (Å²) in [7, 11) is 0. The Morgan fingerprint density at radius 1 is 1.09 bits per heavy atom. The average Bonchev–Trinajstić information content (AvgIpc) is 3.18. The third-order valence-electron chi connectivity index (χ3n) is 5.51. The van der Waals surface area contributed by atoms with Gasteiger partial charge in [-0.3, -0.25) is 4.90 Å². The molecule has 0 bridgehead atoms. The Hall–Kier alpha value is -3.31. The van der Waals surface area contributed by atoms with Crippen molar-refractivity contribution in [3.05, 3.63) is 70.8 Å². The molecule has 0 atom stereocenters. The van der Waals surface area contributed by atoms with Crippen LogP contribution >= 0.6 is 11.6 Å². The molecule has 3 aromatic heterocycles. The highest BCUT2D eigenvalue weighted by atomic mass is 35.5. The molecule has 32 heavy (non-hydrogen) atoms. The van der Waals surface area contributed by atoms with E-state index in [0.717, 1.165) is 72.3 Å². The maximum absolute atomic E-state index is 9.37. The standard InChI is InChI=1S/C24H21ClN6O/c1-16-11-19(13-21(25)27-16)22-23(18-4-2-3-17(12-18)14-26)29-31-6-5-20(28-24(22)31)15-30-7-9-32-10-8-30/h2-6,11-13H,7-10,15H2,1H3. The average molecular weight is 445 g/mol. The molecule has 1 aromatic carbocycles. The summed E-state index contributed by atoms with van der Waals surface area (Å²) in [6.07, 6.45) is 1.94. The highest BCUT2D eigenvalue weighted by Gasteiger charge is 2.20. The van der Waals surface area contributed by atoms with E-state index >= 15 is 0 Å². The van der Waals surface area contributed by atoms with Crippen molar-refractivity contribution >= 4 is 17.2 Å². The summed E-state index contributed by atoms with van der Waals surface area (Å²) in [5, 5.41) is 14.6. The minimum Gasteiger partial charge on any atom is -0.379 e. The van der Waals surface area contributed by atoms with E-state index in [1.54, 1.807) is 10.6 Å². The molecule has 4 heterocycles. The first kappa shape index (κ1) is 20.6. The van der Waals surface area contributed by atoms with Gasteiger partial charge in [-0.1, -0.05) is 23.7 Å².